The van der Waals surface area contributed by atoms with Gasteiger partial charge in [-0.25, -0.2) is 18.7 Å². The van der Waals surface area contributed by atoms with Crippen LogP contribution in [0.5, 0.6) is 11.5 Å². The predicted octanol–water partition coefficient (Wildman–Crippen LogP) is 11.0. The molecule has 26 heteroatoms. The lowest BCUT2D eigenvalue weighted by Gasteiger charge is -2.29. The molecule has 6 aromatic heterocycles. The zero-order valence-electron chi connectivity index (χ0n) is 52.3. The van der Waals surface area contributed by atoms with Gasteiger partial charge in [-0.3, -0.25) is 28.3 Å². The summed E-state index contributed by atoms with van der Waals surface area (Å²) in [7, 11) is 3.06. The molecule has 0 aliphatic rings. The first-order valence-corrected chi connectivity index (χ1v) is 31.2. The minimum absolute atomic E-state index is 0.0281. The zero-order valence-corrected chi connectivity index (χ0v) is 56.3. The quantitative estimate of drug-likeness (QED) is 0.0544. The van der Waals surface area contributed by atoms with Crippen molar-refractivity contribution in [1.29, 1.82) is 10.5 Å². The number of nitrogens with zero attached hydrogens (tertiary/aromatic N) is 12. The second kappa shape index (κ2) is 27.1. The van der Waals surface area contributed by atoms with Crippen LogP contribution in [0.4, 0.5) is 0 Å². The summed E-state index contributed by atoms with van der Waals surface area (Å²) in [6.07, 6.45) is 4.90. The molecule has 88 heavy (non-hydrogen) atoms. The molecule has 8 rings (SSSR count). The number of nitriles is 2. The zero-order chi connectivity index (χ0) is 65.1. The highest BCUT2D eigenvalue weighted by Crippen LogP contribution is 2.39. The van der Waals surface area contributed by atoms with Crippen molar-refractivity contribution in [3.05, 3.63) is 135 Å². The molecule has 0 amide bonds. The van der Waals surface area contributed by atoms with Crippen LogP contribution in [0.1, 0.15) is 130 Å². The monoisotopic (exact) mass is 1320 g/mol. The Morgan fingerprint density at radius 1 is 0.614 bits per heavy atom. The number of thiophene rings is 2. The molecule has 2 aromatic carbocycles. The first-order chi connectivity index (χ1) is 41.2. The van der Waals surface area contributed by atoms with Gasteiger partial charge in [-0.15, -0.1) is 9.59 Å². The van der Waals surface area contributed by atoms with Crippen molar-refractivity contribution >= 4 is 82.2 Å². The summed E-state index contributed by atoms with van der Waals surface area (Å²) in [5.74, 6) is 0.607. The summed E-state index contributed by atoms with van der Waals surface area (Å²) in [5.41, 5.74) is -4.61. The van der Waals surface area contributed by atoms with E-state index in [4.69, 9.17) is 30.5 Å². The number of fused-ring (bicyclic) bond motifs is 2. The van der Waals surface area contributed by atoms with Crippen molar-refractivity contribution < 1.29 is 28.5 Å². The first-order valence-electron chi connectivity index (χ1n) is 28.4. The Labute approximate surface area is 530 Å². The molecule has 0 fully saturated rings. The maximum Gasteiger partial charge on any atom is 0.333 e. The number of benzene rings is 2. The lowest BCUT2D eigenvalue weighted by molar-refractivity contribution is -0.127. The Bertz CT molecular complexity index is 3960. The Kier molecular flexibility index (Phi) is 21.0. The highest BCUT2D eigenvalue weighted by molar-refractivity contribution is 9.10. The highest BCUT2D eigenvalue weighted by atomic mass is 79.9. The van der Waals surface area contributed by atoms with Crippen LogP contribution in [0, 0.1) is 59.2 Å². The van der Waals surface area contributed by atoms with Crippen molar-refractivity contribution in [2.45, 2.75) is 146 Å². The Morgan fingerprint density at radius 3 is 1.33 bits per heavy atom. The van der Waals surface area contributed by atoms with Crippen LogP contribution in [-0.4, -0.2) is 87.3 Å². The van der Waals surface area contributed by atoms with E-state index in [1.165, 1.54) is 73.3 Å². The fraction of sp³-hybridized carbons (Fsp3) is 0.484. The maximum atomic E-state index is 14.5. The van der Waals surface area contributed by atoms with Crippen LogP contribution in [0.2, 0.25) is 5.02 Å². The third kappa shape index (κ3) is 14.2. The number of ether oxygens (including phenoxy) is 4. The van der Waals surface area contributed by atoms with Gasteiger partial charge in [0.05, 0.1) is 99.1 Å². The summed E-state index contributed by atoms with van der Waals surface area (Å²) in [6.45, 7) is 24.6. The summed E-state index contributed by atoms with van der Waals surface area (Å²) in [5, 5.41) is 38.5. The second-order valence-corrected chi connectivity index (χ2v) is 28.0. The van der Waals surface area contributed by atoms with Gasteiger partial charge in [0.15, 0.2) is 11.6 Å². The number of carbonyl (C=O) groups excluding carboxylic acids is 2. The molecule has 0 saturated heterocycles. The number of rotatable bonds is 24. The molecule has 8 aromatic rings. The van der Waals surface area contributed by atoms with E-state index in [9.17, 15) is 39.3 Å². The van der Waals surface area contributed by atoms with E-state index in [0.29, 0.717) is 63.8 Å². The minimum atomic E-state index is -1.44. The number of methoxy groups -OCH3 is 2. The van der Waals surface area contributed by atoms with E-state index in [0.717, 1.165) is 13.6 Å². The van der Waals surface area contributed by atoms with Gasteiger partial charge < -0.3 is 18.9 Å². The molecule has 0 unspecified atom stereocenters. The minimum Gasteiger partial charge on any atom is -0.496 e. The fourth-order valence-electron chi connectivity index (χ4n) is 9.90. The number of ketones is 2. The topological polar surface area (TPSA) is 268 Å². The number of Topliss-reactive ketones (excluding diaryl/α,β-unsaturated/α-hetero) is 2. The number of halogens is 2. The molecule has 2 atom stereocenters. The standard InChI is InChI=1S/C31H37BrN6O5S.C31H37ClN6O5S/c2*1-18(2)13-24(39)31(6,7)37-26(40)25-19(3)27(38-34-11-12-35-38)44-28(25)36(29(37)41)15-23(43-17-30(4,5)16-33)21-14-20(32)9-10-22(21)42-8/h2*9-12,14,18,23H,13,15,17H2,1-8H3/t2*23-/m00/s1. The summed E-state index contributed by atoms with van der Waals surface area (Å²) in [6, 6.07) is 15.0. The van der Waals surface area contributed by atoms with E-state index in [1.54, 1.807) is 101 Å². The van der Waals surface area contributed by atoms with Crippen molar-refractivity contribution in [2.75, 3.05) is 27.4 Å². The average molecular weight is 1330 g/mol. The normalized spacial score (nSPS) is 12.9. The summed E-state index contributed by atoms with van der Waals surface area (Å²) < 4.78 is 29.8. The third-order valence-corrected chi connectivity index (χ3v) is 18.2. The lowest BCUT2D eigenvalue weighted by Crippen LogP contribution is -2.53. The van der Waals surface area contributed by atoms with Crippen LogP contribution >= 0.6 is 50.2 Å². The smallest absolute Gasteiger partial charge is 0.333 e. The number of hydrogen-bond donors (Lipinski definition) is 0. The molecular weight excluding hydrogens is 1250 g/mol. The molecule has 22 nitrogen and oxygen atoms in total. The number of hydrogen-bond acceptors (Lipinski definition) is 18. The van der Waals surface area contributed by atoms with Crippen LogP contribution in [0.3, 0.4) is 0 Å². The van der Waals surface area contributed by atoms with Gasteiger partial charge in [-0.2, -0.15) is 30.9 Å². The first kappa shape index (κ1) is 68.1. The van der Waals surface area contributed by atoms with Crippen LogP contribution in [0.15, 0.2) is 84.8 Å². The fourth-order valence-corrected chi connectivity index (χ4v) is 12.9. The largest absolute Gasteiger partial charge is 0.496 e. The van der Waals surface area contributed by atoms with E-state index < -0.39 is 56.6 Å². The van der Waals surface area contributed by atoms with Gasteiger partial charge in [0.1, 0.15) is 54.4 Å². The molecule has 6 heterocycles. The highest BCUT2D eigenvalue weighted by Gasteiger charge is 2.39. The Balaban J connectivity index is 0.000000251. The van der Waals surface area contributed by atoms with Crippen LogP contribution < -0.4 is 32.0 Å². The molecular formula is C62H74BrClN12O10S2. The van der Waals surface area contributed by atoms with Gasteiger partial charge in [-0.05, 0) is 117 Å². The number of aryl methyl sites for hydroxylation is 2. The predicted molar refractivity (Wildman–Crippen MR) is 342 cm³/mol. The molecule has 0 bridgehead atoms. The molecule has 0 aliphatic heterocycles. The van der Waals surface area contributed by atoms with E-state index in [2.05, 4.69) is 48.5 Å². The van der Waals surface area contributed by atoms with E-state index in [-0.39, 0.29) is 67.9 Å². The Hall–Kier alpha value is -7.39. The molecule has 0 spiro atoms. The van der Waals surface area contributed by atoms with Crippen LogP contribution in [-0.2, 0) is 43.2 Å². The van der Waals surface area contributed by atoms with Crippen molar-refractivity contribution in [3.63, 3.8) is 0 Å². The van der Waals surface area contributed by atoms with Gasteiger partial charge in [0.25, 0.3) is 11.1 Å². The summed E-state index contributed by atoms with van der Waals surface area (Å²) >= 11 is 12.3. The molecule has 0 radical (unpaired) electrons. The average Bonchev–Trinajstić information content (AvgIpc) is 1.47. The lowest BCUT2D eigenvalue weighted by atomic mass is 9.91. The third-order valence-electron chi connectivity index (χ3n) is 14.9. The van der Waals surface area contributed by atoms with Crippen molar-refractivity contribution in [1.82, 2.24) is 48.3 Å². The van der Waals surface area contributed by atoms with Crippen molar-refractivity contribution in [2.24, 2.45) is 22.7 Å². The summed E-state index contributed by atoms with van der Waals surface area (Å²) in [4.78, 5) is 87.9. The SMILES string of the molecule is COc1ccc(Br)cc1[C@H](Cn1c(=O)n(C(C)(C)C(=O)CC(C)C)c(=O)c2c(C)c(-n3nccn3)sc21)OCC(C)(C)C#N.COc1ccc(Cl)cc1[C@H](Cn1c(=O)n(C(C)(C)C(=O)CC(C)C)c(=O)c2c(C)c(-n3nccn3)sc21)OCC(C)(C)C#N. The molecule has 468 valence electrons. The Morgan fingerprint density at radius 2 is 0.977 bits per heavy atom. The van der Waals surface area contributed by atoms with Gasteiger partial charge >= 0.3 is 11.4 Å². The van der Waals surface area contributed by atoms with E-state index >= 15 is 0 Å². The molecule has 0 aliphatic carbocycles. The number of carbonyl (C=O) groups is 2. The van der Waals surface area contributed by atoms with Gasteiger partial charge in [-0.1, -0.05) is 77.9 Å². The molecule has 0 saturated carbocycles. The van der Waals surface area contributed by atoms with Gasteiger partial charge in [0.2, 0.25) is 0 Å². The maximum absolute atomic E-state index is 14.5. The van der Waals surface area contributed by atoms with E-state index in [1.807, 2.05) is 39.8 Å². The van der Waals surface area contributed by atoms with Crippen LogP contribution in [0.25, 0.3) is 30.4 Å². The van der Waals surface area contributed by atoms with Gasteiger partial charge in [0, 0.05) is 44.6 Å². The molecule has 0 N–H and O–H groups in total. The number of aromatic nitrogens is 10. The second-order valence-electron chi connectivity index (χ2n) is 24.7. The van der Waals surface area contributed by atoms with Crippen molar-refractivity contribution in [3.8, 4) is 33.6 Å².